The average molecular weight is 299 g/mol. The minimum absolute atomic E-state index is 0.0667. The minimum Gasteiger partial charge on any atom is -0.508 e. The van der Waals surface area contributed by atoms with Gasteiger partial charge in [0.15, 0.2) is 0 Å². The van der Waals surface area contributed by atoms with Crippen LogP contribution in [0.25, 0.3) is 10.9 Å². The molecular formula is C17H15ClN2O. The molecular weight excluding hydrogens is 284 g/mol. The first-order chi connectivity index (χ1) is 10.2. The Morgan fingerprint density at radius 2 is 2.00 bits per heavy atom. The number of halogens is 1. The molecule has 0 aliphatic carbocycles. The van der Waals surface area contributed by atoms with Gasteiger partial charge in [0.2, 0.25) is 0 Å². The maximum Gasteiger partial charge on any atom is 0.116 e. The zero-order chi connectivity index (χ0) is 14.4. The molecule has 3 nitrogen and oxygen atoms in total. The van der Waals surface area contributed by atoms with E-state index in [1.165, 1.54) is 5.56 Å². The molecule has 1 aliphatic heterocycles. The van der Waals surface area contributed by atoms with Crippen molar-refractivity contribution in [3.05, 3.63) is 64.3 Å². The molecule has 106 valence electrons. The summed E-state index contributed by atoms with van der Waals surface area (Å²) < 4.78 is 0. The maximum absolute atomic E-state index is 9.73. The number of rotatable bonds is 1. The van der Waals surface area contributed by atoms with E-state index in [1.54, 1.807) is 6.07 Å². The number of nitrogens with one attached hydrogen (secondary N) is 2. The second kappa shape index (κ2) is 4.79. The highest BCUT2D eigenvalue weighted by atomic mass is 35.5. The summed E-state index contributed by atoms with van der Waals surface area (Å²) in [6.07, 6.45) is 0.944. The fraction of sp³-hybridized carbons (Fsp3) is 0.176. The molecule has 4 heteroatoms. The maximum atomic E-state index is 9.73. The highest BCUT2D eigenvalue weighted by Crippen LogP contribution is 2.36. The fourth-order valence-corrected chi connectivity index (χ4v) is 3.44. The van der Waals surface area contributed by atoms with Crippen LogP contribution in [0.4, 0.5) is 0 Å². The summed E-state index contributed by atoms with van der Waals surface area (Å²) in [5, 5.41) is 15.1. The number of phenolic OH excluding ortho intramolecular Hbond substituents is 1. The number of H-pyrrole nitrogens is 1. The summed E-state index contributed by atoms with van der Waals surface area (Å²) in [6, 6.07) is 13.5. The van der Waals surface area contributed by atoms with Crippen molar-refractivity contribution in [2.45, 2.75) is 12.5 Å². The van der Waals surface area contributed by atoms with Crippen molar-refractivity contribution < 1.29 is 5.11 Å². The van der Waals surface area contributed by atoms with Crippen LogP contribution in [0, 0.1) is 0 Å². The standard InChI is InChI=1S/C17H15ClN2O/c18-14-4-2-1-3-12(14)16-17-11(7-8-19-16)13-9-10(21)5-6-15(13)20-17/h1-6,9,16,19-21H,7-8H2. The van der Waals surface area contributed by atoms with Crippen LogP contribution < -0.4 is 5.32 Å². The van der Waals surface area contributed by atoms with Gasteiger partial charge in [-0.2, -0.15) is 0 Å². The van der Waals surface area contributed by atoms with E-state index < -0.39 is 0 Å². The van der Waals surface area contributed by atoms with Crippen LogP contribution in [0.3, 0.4) is 0 Å². The number of aromatic nitrogens is 1. The first-order valence-electron chi connectivity index (χ1n) is 7.05. The van der Waals surface area contributed by atoms with Gasteiger partial charge in [-0.25, -0.2) is 0 Å². The Hall–Kier alpha value is -1.97. The topological polar surface area (TPSA) is 48.0 Å². The number of aromatic amines is 1. The third-order valence-electron chi connectivity index (χ3n) is 4.15. The van der Waals surface area contributed by atoms with Crippen LogP contribution in [0.5, 0.6) is 5.75 Å². The molecule has 21 heavy (non-hydrogen) atoms. The van der Waals surface area contributed by atoms with Gasteiger partial charge >= 0.3 is 0 Å². The van der Waals surface area contributed by atoms with Crippen molar-refractivity contribution in [3.8, 4) is 5.75 Å². The molecule has 1 unspecified atom stereocenters. The third kappa shape index (κ3) is 2.01. The molecule has 0 radical (unpaired) electrons. The van der Waals surface area contributed by atoms with Crippen LogP contribution >= 0.6 is 11.6 Å². The van der Waals surface area contributed by atoms with Crippen LogP contribution in [0.15, 0.2) is 42.5 Å². The number of hydrogen-bond acceptors (Lipinski definition) is 2. The van der Waals surface area contributed by atoms with E-state index in [9.17, 15) is 5.11 Å². The molecule has 2 aromatic carbocycles. The van der Waals surface area contributed by atoms with Gasteiger partial charge in [0.25, 0.3) is 0 Å². The Morgan fingerprint density at radius 3 is 2.86 bits per heavy atom. The Kier molecular flexibility index (Phi) is 2.91. The van der Waals surface area contributed by atoms with Crippen LogP contribution in [-0.2, 0) is 6.42 Å². The van der Waals surface area contributed by atoms with Gasteiger partial charge in [-0.05, 0) is 41.8 Å². The lowest BCUT2D eigenvalue weighted by Crippen LogP contribution is -2.30. The molecule has 1 atom stereocenters. The molecule has 2 heterocycles. The van der Waals surface area contributed by atoms with E-state index in [4.69, 9.17) is 11.6 Å². The SMILES string of the molecule is Oc1ccc2[nH]c3c(c2c1)CCNC3c1ccccc1Cl. The zero-order valence-electron chi connectivity index (χ0n) is 11.4. The number of fused-ring (bicyclic) bond motifs is 3. The van der Waals surface area contributed by atoms with E-state index in [2.05, 4.69) is 16.4 Å². The van der Waals surface area contributed by atoms with Gasteiger partial charge in [-0.1, -0.05) is 29.8 Å². The van der Waals surface area contributed by atoms with Crippen molar-refractivity contribution in [3.63, 3.8) is 0 Å². The van der Waals surface area contributed by atoms with E-state index in [-0.39, 0.29) is 6.04 Å². The van der Waals surface area contributed by atoms with Crippen LogP contribution in [0.1, 0.15) is 22.9 Å². The van der Waals surface area contributed by atoms with Crippen LogP contribution in [0.2, 0.25) is 5.02 Å². The molecule has 3 N–H and O–H groups in total. The lowest BCUT2D eigenvalue weighted by molar-refractivity contribution is 0.476. The lowest BCUT2D eigenvalue weighted by atomic mass is 9.94. The highest BCUT2D eigenvalue weighted by molar-refractivity contribution is 6.31. The Morgan fingerprint density at radius 1 is 1.14 bits per heavy atom. The Labute approximate surface area is 127 Å². The first kappa shape index (κ1) is 12.7. The Balaban J connectivity index is 1.92. The molecule has 0 saturated heterocycles. The molecule has 0 bridgehead atoms. The van der Waals surface area contributed by atoms with E-state index in [0.29, 0.717) is 5.75 Å². The van der Waals surface area contributed by atoms with Crippen molar-refractivity contribution >= 4 is 22.5 Å². The van der Waals surface area contributed by atoms with Gasteiger partial charge < -0.3 is 15.4 Å². The summed E-state index contributed by atoms with van der Waals surface area (Å²) >= 11 is 6.35. The summed E-state index contributed by atoms with van der Waals surface area (Å²) in [5.74, 6) is 0.303. The zero-order valence-corrected chi connectivity index (χ0v) is 12.1. The molecule has 4 rings (SSSR count). The second-order valence-electron chi connectivity index (χ2n) is 5.41. The quantitative estimate of drug-likeness (QED) is 0.640. The number of aromatic hydroxyl groups is 1. The smallest absolute Gasteiger partial charge is 0.116 e. The molecule has 0 spiro atoms. The highest BCUT2D eigenvalue weighted by Gasteiger charge is 2.26. The monoisotopic (exact) mass is 298 g/mol. The third-order valence-corrected chi connectivity index (χ3v) is 4.50. The van der Waals surface area contributed by atoms with Crippen molar-refractivity contribution in [1.82, 2.24) is 10.3 Å². The van der Waals surface area contributed by atoms with Crippen molar-refractivity contribution in [2.75, 3.05) is 6.54 Å². The van der Waals surface area contributed by atoms with Crippen molar-refractivity contribution in [2.24, 2.45) is 0 Å². The number of benzene rings is 2. The number of hydrogen-bond donors (Lipinski definition) is 3. The molecule has 1 aromatic heterocycles. The molecule has 1 aliphatic rings. The predicted molar refractivity (Wildman–Crippen MR) is 85.0 cm³/mol. The fourth-order valence-electron chi connectivity index (χ4n) is 3.19. The summed E-state index contributed by atoms with van der Waals surface area (Å²) in [7, 11) is 0. The van der Waals surface area contributed by atoms with Gasteiger partial charge in [-0.3, -0.25) is 0 Å². The average Bonchev–Trinajstić information content (AvgIpc) is 2.86. The summed E-state index contributed by atoms with van der Waals surface area (Å²) in [5.41, 5.74) is 4.55. The molecule has 0 fully saturated rings. The van der Waals surface area contributed by atoms with E-state index in [0.717, 1.165) is 40.1 Å². The normalized spacial score (nSPS) is 17.9. The molecule has 0 saturated carbocycles. The van der Waals surface area contributed by atoms with Gasteiger partial charge in [-0.15, -0.1) is 0 Å². The molecule has 0 amide bonds. The minimum atomic E-state index is 0.0667. The summed E-state index contributed by atoms with van der Waals surface area (Å²) in [4.78, 5) is 3.49. The van der Waals surface area contributed by atoms with Gasteiger partial charge in [0, 0.05) is 28.2 Å². The van der Waals surface area contributed by atoms with E-state index >= 15 is 0 Å². The van der Waals surface area contributed by atoms with Gasteiger partial charge in [0.05, 0.1) is 6.04 Å². The molecule has 3 aromatic rings. The lowest BCUT2D eigenvalue weighted by Gasteiger charge is -2.25. The predicted octanol–water partition coefficient (Wildman–Crippen LogP) is 3.76. The Bertz CT molecular complexity index is 825. The van der Waals surface area contributed by atoms with E-state index in [1.807, 2.05) is 30.3 Å². The van der Waals surface area contributed by atoms with Crippen molar-refractivity contribution in [1.29, 1.82) is 0 Å². The number of phenols is 1. The summed E-state index contributed by atoms with van der Waals surface area (Å²) in [6.45, 7) is 0.894. The first-order valence-corrected chi connectivity index (χ1v) is 7.43. The van der Waals surface area contributed by atoms with Gasteiger partial charge in [0.1, 0.15) is 5.75 Å². The largest absolute Gasteiger partial charge is 0.508 e. The van der Waals surface area contributed by atoms with Crippen LogP contribution in [-0.4, -0.2) is 16.6 Å². The second-order valence-corrected chi connectivity index (χ2v) is 5.81.